The fraction of sp³-hybridized carbons (Fsp3) is 0.500. The lowest BCUT2D eigenvalue weighted by Crippen LogP contribution is -2.39. The highest BCUT2D eigenvalue weighted by Gasteiger charge is 2.21. The van der Waals surface area contributed by atoms with Crippen molar-refractivity contribution in [3.63, 3.8) is 0 Å². The van der Waals surface area contributed by atoms with E-state index in [0.29, 0.717) is 30.2 Å². The van der Waals surface area contributed by atoms with Crippen LogP contribution < -0.4 is 5.56 Å². The Morgan fingerprint density at radius 3 is 2.60 bits per heavy atom. The van der Waals surface area contributed by atoms with E-state index in [0.717, 1.165) is 34.5 Å². The number of nitrogens with one attached hydrogen (secondary N) is 1. The van der Waals surface area contributed by atoms with Crippen LogP contribution in [0.25, 0.3) is 21.3 Å². The Balaban J connectivity index is 1.93. The van der Waals surface area contributed by atoms with Gasteiger partial charge in [-0.25, -0.2) is 4.98 Å². The van der Waals surface area contributed by atoms with Gasteiger partial charge in [-0.3, -0.25) is 9.69 Å². The average molecular weight is 428 g/mol. The smallest absolute Gasteiger partial charge is 0.260 e. The normalized spacial score (nSPS) is 12.4. The van der Waals surface area contributed by atoms with Crippen molar-refractivity contribution in [2.45, 2.75) is 60.1 Å². The summed E-state index contributed by atoms with van der Waals surface area (Å²) in [5.74, 6) is 1.22. The van der Waals surface area contributed by atoms with Crippen molar-refractivity contribution in [1.82, 2.24) is 14.9 Å². The molecule has 0 atom stereocenters. The Bertz CT molecular complexity index is 1080. The van der Waals surface area contributed by atoms with Gasteiger partial charge in [0, 0.05) is 17.5 Å². The first-order chi connectivity index (χ1) is 14.0. The molecule has 2 heterocycles. The maximum absolute atomic E-state index is 13.0. The third-order valence-electron chi connectivity index (χ3n) is 5.17. The van der Waals surface area contributed by atoms with E-state index in [-0.39, 0.29) is 5.56 Å². The first kappa shape index (κ1) is 22.7. The molecular formula is C24H33N3O2S. The topological polar surface area (TPSA) is 69.2 Å². The lowest BCUT2D eigenvalue weighted by Gasteiger charge is -2.29. The predicted octanol–water partition coefficient (Wildman–Crippen LogP) is 4.89. The molecular weight excluding hydrogens is 394 g/mol. The van der Waals surface area contributed by atoms with Crippen LogP contribution in [-0.4, -0.2) is 38.7 Å². The minimum absolute atomic E-state index is 0.0988. The Morgan fingerprint density at radius 2 is 1.97 bits per heavy atom. The van der Waals surface area contributed by atoms with Crippen LogP contribution in [0.15, 0.2) is 28.4 Å². The lowest BCUT2D eigenvalue weighted by molar-refractivity contribution is 0.0312. The molecule has 0 spiro atoms. The van der Waals surface area contributed by atoms with Crippen LogP contribution in [0, 0.1) is 19.8 Å². The molecule has 0 radical (unpaired) electrons. The van der Waals surface area contributed by atoms with Crippen LogP contribution in [0.3, 0.4) is 0 Å². The Hall–Kier alpha value is -2.02. The highest BCUT2D eigenvalue weighted by Crippen LogP contribution is 2.33. The van der Waals surface area contributed by atoms with Crippen LogP contribution in [0.2, 0.25) is 0 Å². The highest BCUT2D eigenvalue weighted by molar-refractivity contribution is 7.17. The number of hydrogen-bond acceptors (Lipinski definition) is 5. The first-order valence-corrected chi connectivity index (χ1v) is 11.4. The van der Waals surface area contributed by atoms with Crippen LogP contribution in [0.4, 0.5) is 0 Å². The third kappa shape index (κ3) is 5.56. The van der Waals surface area contributed by atoms with Gasteiger partial charge in [-0.2, -0.15) is 0 Å². The summed E-state index contributed by atoms with van der Waals surface area (Å²) in [6.07, 6.45) is 1.03. The van der Waals surface area contributed by atoms with Gasteiger partial charge in [0.1, 0.15) is 10.7 Å². The minimum atomic E-state index is -0.805. The molecule has 0 unspecified atom stereocenters. The van der Waals surface area contributed by atoms with Crippen LogP contribution >= 0.6 is 11.3 Å². The molecule has 5 nitrogen and oxygen atoms in total. The number of aromatic nitrogens is 2. The van der Waals surface area contributed by atoms with Gasteiger partial charge in [0.25, 0.3) is 5.56 Å². The molecule has 0 amide bonds. The van der Waals surface area contributed by atoms with Gasteiger partial charge >= 0.3 is 0 Å². The molecule has 2 aromatic heterocycles. The summed E-state index contributed by atoms with van der Waals surface area (Å²) < 4.78 is 0. The molecule has 0 aliphatic carbocycles. The van der Waals surface area contributed by atoms with Gasteiger partial charge in [0.2, 0.25) is 0 Å². The van der Waals surface area contributed by atoms with Crippen molar-refractivity contribution in [2.75, 3.05) is 13.1 Å². The molecule has 0 aliphatic heterocycles. The van der Waals surface area contributed by atoms with Crippen molar-refractivity contribution in [3.8, 4) is 11.1 Å². The number of H-pyrrole nitrogens is 1. The maximum atomic E-state index is 13.0. The van der Waals surface area contributed by atoms with Crippen molar-refractivity contribution in [3.05, 3.63) is 50.9 Å². The molecule has 162 valence electrons. The number of aromatic amines is 1. The standard InChI is InChI=1S/C24H33N3O2S/c1-15(2)9-10-27(14-24(5,6)29)12-20-25-22(28)21-19(13-30-23(21)26-20)18-8-7-16(3)11-17(18)4/h7-8,11,13,15,29H,9-10,12,14H2,1-6H3,(H,25,26,28). The van der Waals surface area contributed by atoms with Gasteiger partial charge < -0.3 is 10.1 Å². The Labute approximate surface area is 182 Å². The van der Waals surface area contributed by atoms with E-state index in [1.54, 1.807) is 0 Å². The summed E-state index contributed by atoms with van der Waals surface area (Å²) in [6, 6.07) is 6.29. The summed E-state index contributed by atoms with van der Waals surface area (Å²) >= 11 is 1.51. The van der Waals surface area contributed by atoms with Crippen molar-refractivity contribution >= 4 is 21.6 Å². The van der Waals surface area contributed by atoms with E-state index in [9.17, 15) is 9.90 Å². The number of aliphatic hydroxyl groups is 1. The number of rotatable bonds is 8. The third-order valence-corrected chi connectivity index (χ3v) is 6.04. The van der Waals surface area contributed by atoms with Gasteiger partial charge in [-0.1, -0.05) is 37.6 Å². The minimum Gasteiger partial charge on any atom is -0.389 e. The lowest BCUT2D eigenvalue weighted by atomic mass is 9.99. The van der Waals surface area contributed by atoms with Crippen molar-refractivity contribution in [1.29, 1.82) is 0 Å². The van der Waals surface area contributed by atoms with Gasteiger partial charge in [-0.15, -0.1) is 11.3 Å². The molecule has 0 aliphatic rings. The van der Waals surface area contributed by atoms with Gasteiger partial charge in [-0.05, 0) is 57.7 Å². The van der Waals surface area contributed by atoms with E-state index in [1.807, 2.05) is 19.2 Å². The van der Waals surface area contributed by atoms with Crippen LogP contribution in [-0.2, 0) is 6.54 Å². The van der Waals surface area contributed by atoms with Crippen LogP contribution in [0.5, 0.6) is 0 Å². The summed E-state index contributed by atoms with van der Waals surface area (Å²) in [7, 11) is 0. The fourth-order valence-electron chi connectivity index (χ4n) is 3.80. The fourth-order valence-corrected chi connectivity index (χ4v) is 4.75. The van der Waals surface area contributed by atoms with E-state index in [4.69, 9.17) is 4.98 Å². The monoisotopic (exact) mass is 427 g/mol. The molecule has 2 N–H and O–H groups in total. The molecule has 0 bridgehead atoms. The number of benzene rings is 1. The van der Waals surface area contributed by atoms with Crippen molar-refractivity contribution in [2.24, 2.45) is 5.92 Å². The molecule has 0 saturated heterocycles. The van der Waals surface area contributed by atoms with Gasteiger partial charge in [0.05, 0.1) is 17.5 Å². The zero-order valence-corrected chi connectivity index (χ0v) is 19.7. The van der Waals surface area contributed by atoms with E-state index < -0.39 is 5.60 Å². The maximum Gasteiger partial charge on any atom is 0.260 e. The first-order valence-electron chi connectivity index (χ1n) is 10.6. The summed E-state index contributed by atoms with van der Waals surface area (Å²) in [6.45, 7) is 14.0. The zero-order chi connectivity index (χ0) is 22.1. The summed E-state index contributed by atoms with van der Waals surface area (Å²) in [4.78, 5) is 23.7. The number of thiophene rings is 1. The second kappa shape index (κ2) is 9.00. The van der Waals surface area contributed by atoms with Gasteiger partial charge in [0.15, 0.2) is 0 Å². The average Bonchev–Trinajstić information content (AvgIpc) is 3.02. The number of fused-ring (bicyclic) bond motifs is 1. The van der Waals surface area contributed by atoms with Crippen molar-refractivity contribution < 1.29 is 5.11 Å². The number of aryl methyl sites for hydroxylation is 2. The molecule has 0 fully saturated rings. The molecule has 6 heteroatoms. The molecule has 3 rings (SSSR count). The van der Waals surface area contributed by atoms with E-state index >= 15 is 0 Å². The zero-order valence-electron chi connectivity index (χ0n) is 18.9. The SMILES string of the molecule is Cc1ccc(-c2csc3nc(CN(CCC(C)C)CC(C)(C)O)[nH]c(=O)c23)c(C)c1. The molecule has 0 saturated carbocycles. The number of nitrogens with zero attached hydrogens (tertiary/aromatic N) is 2. The quantitative estimate of drug-likeness (QED) is 0.537. The Morgan fingerprint density at radius 1 is 1.23 bits per heavy atom. The highest BCUT2D eigenvalue weighted by atomic mass is 32.1. The molecule has 1 aromatic carbocycles. The molecule has 3 aromatic rings. The Kier molecular flexibility index (Phi) is 6.80. The van der Waals surface area contributed by atoms with E-state index in [1.165, 1.54) is 16.9 Å². The second-order valence-electron chi connectivity index (χ2n) is 9.37. The molecule has 30 heavy (non-hydrogen) atoms. The second-order valence-corrected chi connectivity index (χ2v) is 10.2. The summed E-state index contributed by atoms with van der Waals surface area (Å²) in [5.41, 5.74) is 3.48. The van der Waals surface area contributed by atoms with Crippen LogP contribution in [0.1, 0.15) is 51.1 Å². The summed E-state index contributed by atoms with van der Waals surface area (Å²) in [5, 5.41) is 13.0. The number of hydrogen-bond donors (Lipinski definition) is 2. The predicted molar refractivity (Wildman–Crippen MR) is 126 cm³/mol. The largest absolute Gasteiger partial charge is 0.389 e. The van der Waals surface area contributed by atoms with E-state index in [2.05, 4.69) is 55.8 Å².